The standard InChI is InChI=1S/C26H31F3N4O3S/c1-18-21(8-6-4-2-3-5-7-11-31-12-14-32(15-13-31)25(36)37)24(35)33(23(18)34)20-10-9-19(17-30)22(16-20)26(27,28)29/h9-10,16H,2-8,11-15H2,1H3,(H,36,37). The van der Waals surface area contributed by atoms with Gasteiger partial charge in [0.25, 0.3) is 17.1 Å². The van der Waals surface area contributed by atoms with Crippen molar-refractivity contribution in [1.29, 1.82) is 5.26 Å². The Morgan fingerprint density at radius 1 is 1.00 bits per heavy atom. The maximum Gasteiger partial charge on any atom is 0.417 e. The van der Waals surface area contributed by atoms with Gasteiger partial charge in [-0.15, -0.1) is 0 Å². The molecular weight excluding hydrogens is 505 g/mol. The zero-order valence-corrected chi connectivity index (χ0v) is 21.7. The van der Waals surface area contributed by atoms with Crippen LogP contribution in [0.25, 0.3) is 0 Å². The first kappa shape index (κ1) is 28.7. The molecule has 0 aliphatic carbocycles. The van der Waals surface area contributed by atoms with Crippen molar-refractivity contribution in [2.24, 2.45) is 0 Å². The summed E-state index contributed by atoms with van der Waals surface area (Å²) in [5.74, 6) is -1.22. The van der Waals surface area contributed by atoms with E-state index in [4.69, 9.17) is 5.26 Å². The average molecular weight is 537 g/mol. The SMILES string of the molecule is CC1=C(CCCCCCCCN2CCN(C(=O)S)CC2)C(=O)N(c2ccc(C#N)c(C(F)(F)F)c2)C1=O. The van der Waals surface area contributed by atoms with E-state index in [2.05, 4.69) is 17.5 Å². The highest BCUT2D eigenvalue weighted by Gasteiger charge is 2.39. The first-order chi connectivity index (χ1) is 17.5. The van der Waals surface area contributed by atoms with Gasteiger partial charge in [0.1, 0.15) is 0 Å². The summed E-state index contributed by atoms with van der Waals surface area (Å²) in [6, 6.07) is 4.36. The molecule has 7 nitrogen and oxygen atoms in total. The van der Waals surface area contributed by atoms with E-state index in [1.54, 1.807) is 4.90 Å². The molecule has 3 amide bonds. The van der Waals surface area contributed by atoms with Crippen molar-refractivity contribution < 1.29 is 27.6 Å². The molecular formula is C26H31F3N4O3S. The van der Waals surface area contributed by atoms with Crippen molar-refractivity contribution in [3.05, 3.63) is 40.5 Å². The third kappa shape index (κ3) is 7.14. The van der Waals surface area contributed by atoms with E-state index < -0.39 is 29.1 Å². The lowest BCUT2D eigenvalue weighted by molar-refractivity contribution is -0.138. The number of amides is 3. The number of halogens is 3. The number of benzene rings is 1. The van der Waals surface area contributed by atoms with Gasteiger partial charge < -0.3 is 4.90 Å². The molecule has 0 N–H and O–H groups in total. The number of carbonyl (C=O) groups is 3. The third-order valence-corrected chi connectivity index (χ3v) is 7.20. The topological polar surface area (TPSA) is 84.7 Å². The molecule has 1 saturated heterocycles. The molecule has 37 heavy (non-hydrogen) atoms. The van der Waals surface area contributed by atoms with Crippen LogP contribution >= 0.6 is 12.6 Å². The van der Waals surface area contributed by atoms with Crippen LogP contribution in [0.15, 0.2) is 29.3 Å². The second-order valence-electron chi connectivity index (χ2n) is 9.37. The predicted molar refractivity (Wildman–Crippen MR) is 136 cm³/mol. The minimum Gasteiger partial charge on any atom is -0.331 e. The van der Waals surface area contributed by atoms with Gasteiger partial charge in [0.15, 0.2) is 0 Å². The number of alkyl halides is 3. The first-order valence-electron chi connectivity index (χ1n) is 12.4. The molecule has 0 radical (unpaired) electrons. The lowest BCUT2D eigenvalue weighted by Crippen LogP contribution is -2.47. The minimum absolute atomic E-state index is 0.174. The maximum atomic E-state index is 13.3. The highest BCUT2D eigenvalue weighted by molar-refractivity contribution is 7.96. The molecule has 0 spiro atoms. The lowest BCUT2D eigenvalue weighted by Gasteiger charge is -2.33. The summed E-state index contributed by atoms with van der Waals surface area (Å²) in [7, 11) is 0. The normalized spacial score (nSPS) is 17.1. The van der Waals surface area contributed by atoms with Gasteiger partial charge in [0, 0.05) is 37.3 Å². The largest absolute Gasteiger partial charge is 0.417 e. The van der Waals surface area contributed by atoms with Crippen LogP contribution < -0.4 is 4.90 Å². The van der Waals surface area contributed by atoms with Crippen LogP contribution in [0.1, 0.15) is 63.0 Å². The first-order valence-corrected chi connectivity index (χ1v) is 12.9. The monoisotopic (exact) mass is 536 g/mol. The molecule has 3 rings (SSSR count). The Kier molecular flexibility index (Phi) is 9.79. The summed E-state index contributed by atoms with van der Waals surface area (Å²) in [5.41, 5.74) is -1.33. The average Bonchev–Trinajstić information content (AvgIpc) is 3.07. The van der Waals surface area contributed by atoms with Gasteiger partial charge in [-0.3, -0.25) is 19.3 Å². The van der Waals surface area contributed by atoms with E-state index in [1.165, 1.54) is 19.1 Å². The molecule has 0 saturated carbocycles. The van der Waals surface area contributed by atoms with E-state index in [-0.39, 0.29) is 16.5 Å². The molecule has 1 fully saturated rings. The van der Waals surface area contributed by atoms with Crippen molar-refractivity contribution in [1.82, 2.24) is 9.80 Å². The zero-order valence-electron chi connectivity index (χ0n) is 20.8. The van der Waals surface area contributed by atoms with Gasteiger partial charge in [0.2, 0.25) is 0 Å². The molecule has 11 heteroatoms. The molecule has 0 unspecified atom stereocenters. The summed E-state index contributed by atoms with van der Waals surface area (Å²) in [6.45, 7) is 5.68. The molecule has 0 aromatic heterocycles. The van der Waals surface area contributed by atoms with Gasteiger partial charge in [0.05, 0.1) is 22.9 Å². The summed E-state index contributed by atoms with van der Waals surface area (Å²) in [4.78, 5) is 41.7. The summed E-state index contributed by atoms with van der Waals surface area (Å²) >= 11 is 3.86. The molecule has 1 aromatic rings. The van der Waals surface area contributed by atoms with Gasteiger partial charge in [-0.1, -0.05) is 38.3 Å². The molecule has 0 bridgehead atoms. The molecule has 2 aliphatic rings. The minimum atomic E-state index is -4.78. The van der Waals surface area contributed by atoms with Gasteiger partial charge >= 0.3 is 6.18 Å². The van der Waals surface area contributed by atoms with E-state index in [9.17, 15) is 27.6 Å². The van der Waals surface area contributed by atoms with Crippen molar-refractivity contribution >= 4 is 35.4 Å². The smallest absolute Gasteiger partial charge is 0.331 e. The van der Waals surface area contributed by atoms with Gasteiger partial charge in [-0.05, 0) is 50.9 Å². The van der Waals surface area contributed by atoms with Crippen LogP contribution in [0.2, 0.25) is 0 Å². The summed E-state index contributed by atoms with van der Waals surface area (Å²) < 4.78 is 40.0. The van der Waals surface area contributed by atoms with Crippen LogP contribution in [-0.2, 0) is 15.8 Å². The number of carbonyl (C=O) groups excluding carboxylic acids is 3. The Labute approximate surface area is 220 Å². The molecule has 2 aliphatic heterocycles. The van der Waals surface area contributed by atoms with Crippen molar-refractivity contribution in [2.45, 2.75) is 58.0 Å². The number of nitriles is 1. The maximum absolute atomic E-state index is 13.3. The van der Waals surface area contributed by atoms with Crippen LogP contribution in [0, 0.1) is 11.3 Å². The van der Waals surface area contributed by atoms with Crippen LogP contribution in [-0.4, -0.2) is 59.6 Å². The Morgan fingerprint density at radius 3 is 2.22 bits per heavy atom. The quantitative estimate of drug-likeness (QED) is 0.254. The van der Waals surface area contributed by atoms with E-state index >= 15 is 0 Å². The number of imide groups is 1. The predicted octanol–water partition coefficient (Wildman–Crippen LogP) is 5.16. The Balaban J connectivity index is 1.42. The highest BCUT2D eigenvalue weighted by Crippen LogP contribution is 2.37. The van der Waals surface area contributed by atoms with E-state index in [0.29, 0.717) is 37.6 Å². The van der Waals surface area contributed by atoms with E-state index in [0.717, 1.165) is 62.7 Å². The van der Waals surface area contributed by atoms with Crippen molar-refractivity contribution in [2.75, 3.05) is 37.6 Å². The second-order valence-corrected chi connectivity index (χ2v) is 9.75. The number of nitrogens with zero attached hydrogens (tertiary/aromatic N) is 4. The Bertz CT molecular complexity index is 1110. The molecule has 1 aromatic carbocycles. The number of anilines is 1. The number of unbranched alkanes of at least 4 members (excludes halogenated alkanes) is 5. The molecule has 2 heterocycles. The van der Waals surface area contributed by atoms with Crippen molar-refractivity contribution in [3.63, 3.8) is 0 Å². The molecule has 0 atom stereocenters. The number of hydrogen-bond acceptors (Lipinski definition) is 5. The fraction of sp³-hybridized carbons (Fsp3) is 0.538. The van der Waals surface area contributed by atoms with Gasteiger partial charge in [-0.2, -0.15) is 18.4 Å². The van der Waals surface area contributed by atoms with Crippen LogP contribution in [0.5, 0.6) is 0 Å². The second kappa shape index (κ2) is 12.6. The van der Waals surface area contributed by atoms with Crippen LogP contribution in [0.3, 0.4) is 0 Å². The molecule has 200 valence electrons. The van der Waals surface area contributed by atoms with Gasteiger partial charge in [-0.25, -0.2) is 4.90 Å². The summed E-state index contributed by atoms with van der Waals surface area (Å²) in [5, 5.41) is 8.80. The third-order valence-electron chi connectivity index (χ3n) is 6.92. The Hall–Kier alpha value is -2.84. The Morgan fingerprint density at radius 2 is 1.62 bits per heavy atom. The fourth-order valence-electron chi connectivity index (χ4n) is 4.72. The fourth-order valence-corrected chi connectivity index (χ4v) is 4.92. The highest BCUT2D eigenvalue weighted by atomic mass is 32.1. The van der Waals surface area contributed by atoms with Crippen molar-refractivity contribution in [3.8, 4) is 6.07 Å². The zero-order chi connectivity index (χ0) is 27.2. The number of piperazine rings is 1. The van der Waals surface area contributed by atoms with Crippen LogP contribution in [0.4, 0.5) is 23.7 Å². The van der Waals surface area contributed by atoms with E-state index in [1.807, 2.05) is 0 Å². The lowest BCUT2D eigenvalue weighted by atomic mass is 10.0. The number of hydrogen-bond donors (Lipinski definition) is 1. The number of rotatable bonds is 10. The summed E-state index contributed by atoms with van der Waals surface area (Å²) in [6.07, 6.45) is 1.41. The number of thiol groups is 1.